The molecule has 0 spiro atoms. The van der Waals surface area contributed by atoms with E-state index in [-0.39, 0.29) is 11.8 Å². The topological polar surface area (TPSA) is 49.4 Å². The highest BCUT2D eigenvalue weighted by Crippen LogP contribution is 1.95. The zero-order chi connectivity index (χ0) is 11.8. The Morgan fingerprint density at radius 2 is 1.87 bits per heavy atom. The smallest absolute Gasteiger partial charge is 0.244 e. The molecule has 0 rings (SSSR count). The van der Waals surface area contributed by atoms with Gasteiger partial charge >= 0.3 is 0 Å². The van der Waals surface area contributed by atoms with Gasteiger partial charge in [0.2, 0.25) is 11.8 Å². The fourth-order valence-electron chi connectivity index (χ4n) is 1.29. The number of hydrogen-bond donors (Lipinski definition) is 2. The first-order chi connectivity index (χ1) is 7.06. The highest BCUT2D eigenvalue weighted by atomic mass is 32.1. The zero-order valence-electron chi connectivity index (χ0n) is 9.62. The highest BCUT2D eigenvalue weighted by Gasteiger charge is 2.19. The first-order valence-corrected chi connectivity index (χ1v) is 5.89. The van der Waals surface area contributed by atoms with Crippen molar-refractivity contribution in [3.8, 4) is 0 Å². The Morgan fingerprint density at radius 1 is 1.33 bits per heavy atom. The van der Waals surface area contributed by atoms with Crippen LogP contribution in [0.1, 0.15) is 27.2 Å². The Kier molecular flexibility index (Phi) is 7.21. The molecule has 0 saturated heterocycles. The highest BCUT2D eigenvalue weighted by molar-refractivity contribution is 7.80. The van der Waals surface area contributed by atoms with Crippen molar-refractivity contribution in [2.45, 2.75) is 33.2 Å². The fourth-order valence-corrected chi connectivity index (χ4v) is 1.49. The third-order valence-corrected chi connectivity index (χ3v) is 2.39. The Balaban J connectivity index is 4.13. The molecule has 4 nitrogen and oxygen atoms in total. The summed E-state index contributed by atoms with van der Waals surface area (Å²) >= 11 is 3.96. The van der Waals surface area contributed by atoms with E-state index in [1.54, 1.807) is 11.8 Å². The summed E-state index contributed by atoms with van der Waals surface area (Å²) in [6.45, 7) is 6.88. The van der Waals surface area contributed by atoms with Gasteiger partial charge in [-0.15, -0.1) is 0 Å². The van der Waals surface area contributed by atoms with Gasteiger partial charge in [0.15, 0.2) is 0 Å². The van der Waals surface area contributed by atoms with Crippen molar-refractivity contribution in [1.29, 1.82) is 0 Å². The van der Waals surface area contributed by atoms with Crippen molar-refractivity contribution in [3.63, 3.8) is 0 Å². The maximum Gasteiger partial charge on any atom is 0.244 e. The minimum absolute atomic E-state index is 0.0347. The van der Waals surface area contributed by atoms with Gasteiger partial charge in [-0.3, -0.25) is 9.59 Å². The second kappa shape index (κ2) is 7.56. The number of thiol groups is 1. The zero-order valence-corrected chi connectivity index (χ0v) is 10.5. The molecule has 88 valence electrons. The van der Waals surface area contributed by atoms with Gasteiger partial charge in [-0.25, -0.2) is 0 Å². The van der Waals surface area contributed by atoms with Crippen LogP contribution in [0.2, 0.25) is 0 Å². The summed E-state index contributed by atoms with van der Waals surface area (Å²) in [5.41, 5.74) is 0. The third kappa shape index (κ3) is 5.06. The summed E-state index contributed by atoms with van der Waals surface area (Å²) in [5.74, 6) is 0.336. The van der Waals surface area contributed by atoms with Gasteiger partial charge in [0.25, 0.3) is 0 Å². The lowest BCUT2D eigenvalue weighted by atomic mass is 10.2. The molecule has 0 aromatic rings. The molecule has 1 N–H and O–H groups in total. The number of nitrogens with zero attached hydrogens (tertiary/aromatic N) is 1. The lowest BCUT2D eigenvalue weighted by Crippen LogP contribution is -2.46. The summed E-state index contributed by atoms with van der Waals surface area (Å²) in [6.07, 6.45) is 0.346. The summed E-state index contributed by atoms with van der Waals surface area (Å²) in [5, 5.41) is 2.65. The van der Waals surface area contributed by atoms with Crippen molar-refractivity contribution in [2.24, 2.45) is 0 Å². The maximum absolute atomic E-state index is 11.7. The fraction of sp³-hybridized carbons (Fsp3) is 0.800. The van der Waals surface area contributed by atoms with Crippen LogP contribution in [0.25, 0.3) is 0 Å². The Morgan fingerprint density at radius 3 is 2.27 bits per heavy atom. The monoisotopic (exact) mass is 232 g/mol. The van der Waals surface area contributed by atoms with Gasteiger partial charge in [-0.05, 0) is 26.5 Å². The Bertz CT molecular complexity index is 217. The van der Waals surface area contributed by atoms with Crippen LogP contribution < -0.4 is 5.32 Å². The van der Waals surface area contributed by atoms with E-state index in [9.17, 15) is 9.59 Å². The molecule has 0 saturated carbocycles. The van der Waals surface area contributed by atoms with Gasteiger partial charge in [-0.1, -0.05) is 0 Å². The molecule has 2 amide bonds. The van der Waals surface area contributed by atoms with Gasteiger partial charge in [-0.2, -0.15) is 12.6 Å². The van der Waals surface area contributed by atoms with Gasteiger partial charge in [0, 0.05) is 19.5 Å². The minimum Gasteiger partial charge on any atom is -0.345 e. The van der Waals surface area contributed by atoms with E-state index in [4.69, 9.17) is 0 Å². The van der Waals surface area contributed by atoms with Gasteiger partial charge in [0.05, 0.1) is 0 Å². The number of carbonyl (C=O) groups is 2. The lowest BCUT2D eigenvalue weighted by Gasteiger charge is -2.23. The van der Waals surface area contributed by atoms with E-state index in [0.29, 0.717) is 25.3 Å². The third-order valence-electron chi connectivity index (χ3n) is 2.16. The van der Waals surface area contributed by atoms with E-state index < -0.39 is 6.04 Å². The molecule has 0 aliphatic rings. The predicted molar refractivity (Wildman–Crippen MR) is 64.0 cm³/mol. The van der Waals surface area contributed by atoms with Crippen molar-refractivity contribution in [2.75, 3.05) is 18.8 Å². The Labute approximate surface area is 96.8 Å². The van der Waals surface area contributed by atoms with Crippen molar-refractivity contribution in [3.05, 3.63) is 0 Å². The molecule has 0 aromatic carbocycles. The number of nitrogens with one attached hydrogen (secondary N) is 1. The summed E-state index contributed by atoms with van der Waals surface area (Å²) in [4.78, 5) is 24.7. The summed E-state index contributed by atoms with van der Waals surface area (Å²) in [7, 11) is 0. The second-order valence-electron chi connectivity index (χ2n) is 3.27. The van der Waals surface area contributed by atoms with Crippen LogP contribution in [0.5, 0.6) is 0 Å². The molecule has 0 radical (unpaired) electrons. The van der Waals surface area contributed by atoms with E-state index in [0.717, 1.165) is 0 Å². The van der Waals surface area contributed by atoms with Crippen LogP contribution in [0.4, 0.5) is 0 Å². The molecule has 0 aromatic heterocycles. The molecule has 5 heteroatoms. The van der Waals surface area contributed by atoms with Crippen LogP contribution in [0, 0.1) is 0 Å². The summed E-state index contributed by atoms with van der Waals surface area (Å²) < 4.78 is 0. The maximum atomic E-state index is 11.7. The second-order valence-corrected chi connectivity index (χ2v) is 3.72. The molecule has 0 aliphatic carbocycles. The first kappa shape index (κ1) is 14.3. The molecule has 0 heterocycles. The average Bonchev–Trinajstić information content (AvgIpc) is 2.19. The molecule has 0 aliphatic heterocycles. The van der Waals surface area contributed by atoms with E-state index >= 15 is 0 Å². The van der Waals surface area contributed by atoms with Gasteiger partial charge in [0.1, 0.15) is 6.04 Å². The minimum atomic E-state index is -0.447. The quantitative estimate of drug-likeness (QED) is 0.662. The Hall–Kier alpha value is -0.710. The number of rotatable bonds is 6. The van der Waals surface area contributed by atoms with Crippen molar-refractivity contribution < 1.29 is 9.59 Å². The number of carbonyl (C=O) groups excluding carboxylic acids is 2. The number of hydrogen-bond acceptors (Lipinski definition) is 3. The summed E-state index contributed by atoms with van der Waals surface area (Å²) in [6, 6.07) is -0.447. The van der Waals surface area contributed by atoms with Crippen LogP contribution in [0.3, 0.4) is 0 Å². The number of amides is 2. The lowest BCUT2D eigenvalue weighted by molar-refractivity contribution is -0.135. The predicted octanol–water partition coefficient (Wildman–Crippen LogP) is 0.679. The average molecular weight is 232 g/mol. The number of likely N-dealkylation sites (N-methyl/N-ethyl adjacent to an activating group) is 1. The van der Waals surface area contributed by atoms with E-state index in [1.165, 1.54) is 0 Å². The molecule has 15 heavy (non-hydrogen) atoms. The van der Waals surface area contributed by atoms with Crippen LogP contribution in [0.15, 0.2) is 0 Å². The first-order valence-electron chi connectivity index (χ1n) is 5.25. The van der Waals surface area contributed by atoms with Gasteiger partial charge < -0.3 is 10.2 Å². The molecule has 1 unspecified atom stereocenters. The van der Waals surface area contributed by atoms with E-state index in [1.807, 2.05) is 13.8 Å². The molecule has 1 atom stereocenters. The van der Waals surface area contributed by atoms with Crippen LogP contribution >= 0.6 is 12.6 Å². The largest absolute Gasteiger partial charge is 0.345 e. The molecule has 0 bridgehead atoms. The molecular formula is C10H20N2O2S. The van der Waals surface area contributed by atoms with Crippen LogP contribution in [-0.4, -0.2) is 41.6 Å². The normalized spacial score (nSPS) is 12.0. The standard InChI is InChI=1S/C10H20N2O2S/c1-4-12(5-2)10(14)8(3)11-9(13)6-7-15/h8,15H,4-7H2,1-3H3,(H,11,13). The SMILES string of the molecule is CCN(CC)C(=O)C(C)NC(=O)CCS. The van der Waals surface area contributed by atoms with Crippen LogP contribution in [-0.2, 0) is 9.59 Å². The van der Waals surface area contributed by atoms with Crippen molar-refractivity contribution >= 4 is 24.4 Å². The molecule has 0 fully saturated rings. The van der Waals surface area contributed by atoms with Crippen molar-refractivity contribution in [1.82, 2.24) is 10.2 Å². The van der Waals surface area contributed by atoms with E-state index in [2.05, 4.69) is 17.9 Å². The molecular weight excluding hydrogens is 212 g/mol.